The summed E-state index contributed by atoms with van der Waals surface area (Å²) in [5.74, 6) is -0.980. The highest BCUT2D eigenvalue weighted by Crippen LogP contribution is 2.26. The molecule has 0 aromatic heterocycles. The summed E-state index contributed by atoms with van der Waals surface area (Å²) in [6.07, 6.45) is 0. The van der Waals surface area contributed by atoms with Crippen LogP contribution in [-0.4, -0.2) is 39.4 Å². The molecule has 0 amide bonds. The van der Waals surface area contributed by atoms with Gasteiger partial charge < -0.3 is 10.5 Å². The van der Waals surface area contributed by atoms with Crippen molar-refractivity contribution in [2.75, 3.05) is 26.4 Å². The molecule has 0 aliphatic heterocycles. The molecule has 1 aromatic rings. The van der Waals surface area contributed by atoms with Crippen LogP contribution in [0.5, 0.6) is 0 Å². The summed E-state index contributed by atoms with van der Waals surface area (Å²) in [6.45, 7) is 5.08. The molecule has 0 heterocycles. The molecule has 0 saturated heterocycles. The van der Waals surface area contributed by atoms with Crippen LogP contribution >= 0.6 is 0 Å². The number of benzene rings is 1. The molecule has 118 valence electrons. The zero-order valence-electron chi connectivity index (χ0n) is 13.0. The highest BCUT2D eigenvalue weighted by Gasteiger charge is 2.28. The van der Waals surface area contributed by atoms with Crippen molar-refractivity contribution >= 4 is 21.7 Å². The summed E-state index contributed by atoms with van der Waals surface area (Å²) < 4.78 is 31.1. The zero-order chi connectivity index (χ0) is 16.4. The van der Waals surface area contributed by atoms with Crippen LogP contribution < -0.4 is 5.73 Å². The van der Waals surface area contributed by atoms with Crippen molar-refractivity contribution in [2.24, 2.45) is 5.92 Å². The van der Waals surface area contributed by atoms with Gasteiger partial charge in [-0.15, -0.1) is 0 Å². The van der Waals surface area contributed by atoms with Crippen LogP contribution in [0.4, 0.5) is 5.69 Å². The third-order valence-corrected chi connectivity index (χ3v) is 5.42. The fraction of sp³-hybridized carbons (Fsp3) is 0.500. The van der Waals surface area contributed by atoms with Gasteiger partial charge in [0.05, 0.1) is 17.9 Å². The summed E-state index contributed by atoms with van der Waals surface area (Å²) in [5.41, 5.74) is 7.42. The van der Waals surface area contributed by atoms with Crippen molar-refractivity contribution in [3.8, 4) is 0 Å². The first-order valence-electron chi connectivity index (χ1n) is 6.52. The molecular weight excluding hydrogens is 292 g/mol. The molecule has 7 heteroatoms. The Morgan fingerprint density at radius 1 is 1.33 bits per heavy atom. The number of anilines is 1. The monoisotopic (exact) mass is 314 g/mol. The van der Waals surface area contributed by atoms with Gasteiger partial charge >= 0.3 is 5.97 Å². The SMILES string of the molecule is COC(=O)C(C)CN(C)S(=O)(=O)c1c(C)cc(N)cc1C. The Morgan fingerprint density at radius 2 is 1.81 bits per heavy atom. The minimum Gasteiger partial charge on any atom is -0.469 e. The molecule has 6 nitrogen and oxygen atoms in total. The van der Waals surface area contributed by atoms with Gasteiger partial charge in [0, 0.05) is 19.3 Å². The van der Waals surface area contributed by atoms with Gasteiger partial charge in [0.1, 0.15) is 0 Å². The molecule has 1 aromatic carbocycles. The Kier molecular flexibility index (Phi) is 5.36. The van der Waals surface area contributed by atoms with E-state index in [0.29, 0.717) is 16.8 Å². The Morgan fingerprint density at radius 3 is 2.24 bits per heavy atom. The number of rotatable bonds is 5. The van der Waals surface area contributed by atoms with Crippen LogP contribution in [0.25, 0.3) is 0 Å². The molecule has 0 aliphatic carbocycles. The Balaban J connectivity index is 3.15. The fourth-order valence-electron chi connectivity index (χ4n) is 2.31. The number of methoxy groups -OCH3 is 1. The van der Waals surface area contributed by atoms with Crippen molar-refractivity contribution in [2.45, 2.75) is 25.7 Å². The van der Waals surface area contributed by atoms with Gasteiger partial charge in [0.2, 0.25) is 10.0 Å². The second kappa shape index (κ2) is 6.44. The largest absolute Gasteiger partial charge is 0.469 e. The molecule has 1 atom stereocenters. The summed E-state index contributed by atoms with van der Waals surface area (Å²) in [6, 6.07) is 3.24. The number of nitrogens with two attached hydrogens (primary N) is 1. The average molecular weight is 314 g/mol. The van der Waals surface area contributed by atoms with Crippen LogP contribution in [0.2, 0.25) is 0 Å². The third kappa shape index (κ3) is 3.74. The highest BCUT2D eigenvalue weighted by atomic mass is 32.2. The smallest absolute Gasteiger partial charge is 0.309 e. The van der Waals surface area contributed by atoms with Gasteiger partial charge in [-0.2, -0.15) is 0 Å². The van der Waals surface area contributed by atoms with Crippen molar-refractivity contribution in [3.05, 3.63) is 23.3 Å². The minimum atomic E-state index is -3.68. The van der Waals surface area contributed by atoms with E-state index in [2.05, 4.69) is 4.74 Å². The van der Waals surface area contributed by atoms with Gasteiger partial charge in [0.25, 0.3) is 0 Å². The minimum absolute atomic E-state index is 0.0538. The Bertz CT molecular complexity index is 617. The predicted molar refractivity (Wildman–Crippen MR) is 81.3 cm³/mol. The first-order chi connectivity index (χ1) is 9.61. The van der Waals surface area contributed by atoms with Gasteiger partial charge in [0.15, 0.2) is 0 Å². The maximum absolute atomic E-state index is 12.7. The van der Waals surface area contributed by atoms with E-state index in [9.17, 15) is 13.2 Å². The van der Waals surface area contributed by atoms with Crippen LogP contribution in [0.1, 0.15) is 18.1 Å². The van der Waals surface area contributed by atoms with Crippen molar-refractivity contribution in [3.63, 3.8) is 0 Å². The maximum Gasteiger partial charge on any atom is 0.309 e. The van der Waals surface area contributed by atoms with E-state index in [4.69, 9.17) is 5.73 Å². The van der Waals surface area contributed by atoms with E-state index in [0.717, 1.165) is 0 Å². The molecule has 0 bridgehead atoms. The van der Waals surface area contributed by atoms with Crippen molar-refractivity contribution in [1.29, 1.82) is 0 Å². The second-order valence-corrected chi connectivity index (χ2v) is 7.18. The molecule has 2 N–H and O–H groups in total. The lowest BCUT2D eigenvalue weighted by molar-refractivity contribution is -0.144. The van der Waals surface area contributed by atoms with Gasteiger partial charge in [-0.25, -0.2) is 12.7 Å². The molecule has 0 saturated carbocycles. The van der Waals surface area contributed by atoms with Crippen molar-refractivity contribution in [1.82, 2.24) is 4.31 Å². The standard InChI is InChI=1S/C14H22N2O4S/c1-9-6-12(15)7-10(2)13(9)21(18,19)16(4)8-11(3)14(17)20-5/h6-7,11H,8,15H2,1-5H3. The van der Waals surface area contributed by atoms with E-state index in [-0.39, 0.29) is 11.4 Å². The zero-order valence-corrected chi connectivity index (χ0v) is 13.8. The molecular formula is C14H22N2O4S. The topological polar surface area (TPSA) is 89.7 Å². The lowest BCUT2D eigenvalue weighted by Crippen LogP contribution is -2.34. The molecule has 0 radical (unpaired) electrons. The average Bonchev–Trinajstić information content (AvgIpc) is 2.35. The molecule has 1 unspecified atom stereocenters. The van der Waals surface area contributed by atoms with Crippen molar-refractivity contribution < 1.29 is 17.9 Å². The number of ether oxygens (including phenoxy) is 1. The quantitative estimate of drug-likeness (QED) is 0.654. The predicted octanol–water partition coefficient (Wildman–Crippen LogP) is 1.32. The Labute approximate surface area is 125 Å². The van der Waals surface area contributed by atoms with E-state index in [1.807, 2.05) is 0 Å². The summed E-state index contributed by atoms with van der Waals surface area (Å²) in [4.78, 5) is 11.7. The lowest BCUT2D eigenvalue weighted by Gasteiger charge is -2.22. The maximum atomic E-state index is 12.7. The number of hydrogen-bond acceptors (Lipinski definition) is 5. The molecule has 1 rings (SSSR count). The Hall–Kier alpha value is -1.60. The summed E-state index contributed by atoms with van der Waals surface area (Å²) in [5, 5.41) is 0. The molecule has 0 fully saturated rings. The molecule has 0 aliphatic rings. The number of carbonyl (C=O) groups excluding carboxylic acids is 1. The number of sulfonamides is 1. The number of nitrogens with zero attached hydrogens (tertiary/aromatic N) is 1. The number of aryl methyl sites for hydroxylation is 2. The summed E-state index contributed by atoms with van der Waals surface area (Å²) >= 11 is 0. The number of carbonyl (C=O) groups is 1. The summed E-state index contributed by atoms with van der Waals surface area (Å²) in [7, 11) is -0.956. The van der Waals surface area contributed by atoms with Crippen LogP contribution in [0.15, 0.2) is 17.0 Å². The second-order valence-electron chi connectivity index (χ2n) is 5.19. The van der Waals surface area contributed by atoms with E-state index in [1.165, 1.54) is 18.5 Å². The number of esters is 1. The van der Waals surface area contributed by atoms with Gasteiger partial charge in [-0.1, -0.05) is 6.92 Å². The fourth-order valence-corrected chi connectivity index (χ4v) is 3.97. The molecule has 0 spiro atoms. The van der Waals surface area contributed by atoms with Crippen LogP contribution in [-0.2, 0) is 19.6 Å². The van der Waals surface area contributed by atoms with Crippen LogP contribution in [0, 0.1) is 19.8 Å². The first-order valence-corrected chi connectivity index (χ1v) is 7.96. The third-order valence-electron chi connectivity index (χ3n) is 3.29. The van der Waals surface area contributed by atoms with Gasteiger partial charge in [-0.3, -0.25) is 4.79 Å². The van der Waals surface area contributed by atoms with E-state index >= 15 is 0 Å². The first kappa shape index (κ1) is 17.5. The van der Waals surface area contributed by atoms with E-state index in [1.54, 1.807) is 32.9 Å². The van der Waals surface area contributed by atoms with Crippen LogP contribution in [0.3, 0.4) is 0 Å². The van der Waals surface area contributed by atoms with E-state index < -0.39 is 21.9 Å². The lowest BCUT2D eigenvalue weighted by atomic mass is 10.1. The normalized spacial score (nSPS) is 13.2. The number of hydrogen-bond donors (Lipinski definition) is 1. The highest BCUT2D eigenvalue weighted by molar-refractivity contribution is 7.89. The van der Waals surface area contributed by atoms with Gasteiger partial charge in [-0.05, 0) is 37.1 Å². The number of nitrogen functional groups attached to an aromatic ring is 1. The molecule has 21 heavy (non-hydrogen) atoms.